The second-order valence-electron chi connectivity index (χ2n) is 6.57. The molecule has 3 rings (SSSR count). The summed E-state index contributed by atoms with van der Waals surface area (Å²) >= 11 is 0. The molecule has 0 heterocycles. The summed E-state index contributed by atoms with van der Waals surface area (Å²) in [6.45, 7) is 2.21. The van der Waals surface area contributed by atoms with Gasteiger partial charge in [0.2, 0.25) is 5.91 Å². The maximum Gasteiger partial charge on any atom is 0.252 e. The summed E-state index contributed by atoms with van der Waals surface area (Å²) < 4.78 is 5.34. The van der Waals surface area contributed by atoms with E-state index >= 15 is 0 Å². The molecule has 0 saturated carbocycles. The minimum absolute atomic E-state index is 0.0776. The van der Waals surface area contributed by atoms with Crippen LogP contribution in [-0.2, 0) is 11.2 Å². The van der Waals surface area contributed by atoms with Crippen molar-refractivity contribution in [2.45, 2.75) is 13.3 Å². The monoisotopic (exact) mass is 376 g/mol. The number of nitrogens with zero attached hydrogens (tertiary/aromatic N) is 1. The van der Waals surface area contributed by atoms with Crippen molar-refractivity contribution in [2.75, 3.05) is 20.3 Å². The highest BCUT2D eigenvalue weighted by atomic mass is 16.5. The molecule has 0 aliphatic carbocycles. The Morgan fingerprint density at radius 1 is 1.00 bits per heavy atom. The molecule has 0 aromatic heterocycles. The van der Waals surface area contributed by atoms with Crippen LogP contribution in [-0.4, -0.2) is 37.0 Å². The van der Waals surface area contributed by atoms with Crippen molar-refractivity contribution in [2.24, 2.45) is 0 Å². The highest BCUT2D eigenvalue weighted by Gasteiger charge is 2.12. The third-order valence-corrected chi connectivity index (χ3v) is 4.74. The van der Waals surface area contributed by atoms with Crippen LogP contribution in [0.3, 0.4) is 0 Å². The third kappa shape index (κ3) is 4.68. The second-order valence-corrected chi connectivity index (χ2v) is 6.57. The van der Waals surface area contributed by atoms with Crippen LogP contribution in [0, 0.1) is 0 Å². The normalized spacial score (nSPS) is 10.5. The van der Waals surface area contributed by atoms with Gasteiger partial charge in [-0.3, -0.25) is 9.59 Å². The topological polar surface area (TPSA) is 58.6 Å². The molecule has 28 heavy (non-hydrogen) atoms. The van der Waals surface area contributed by atoms with Gasteiger partial charge < -0.3 is 15.0 Å². The summed E-state index contributed by atoms with van der Waals surface area (Å²) in [5.74, 6) is 0.534. The number of methoxy groups -OCH3 is 1. The lowest BCUT2D eigenvalue weighted by molar-refractivity contribution is -0.129. The van der Waals surface area contributed by atoms with Crippen LogP contribution in [0.2, 0.25) is 0 Å². The molecule has 0 radical (unpaired) electrons. The molecule has 0 bridgehead atoms. The zero-order valence-electron chi connectivity index (χ0n) is 16.1. The van der Waals surface area contributed by atoms with E-state index in [1.54, 1.807) is 24.1 Å². The van der Waals surface area contributed by atoms with E-state index in [1.807, 2.05) is 42.5 Å². The lowest BCUT2D eigenvalue weighted by Crippen LogP contribution is -2.41. The number of amides is 2. The number of ether oxygens (including phenoxy) is 1. The predicted molar refractivity (Wildman–Crippen MR) is 110 cm³/mol. The van der Waals surface area contributed by atoms with Crippen LogP contribution in [0.5, 0.6) is 5.75 Å². The van der Waals surface area contributed by atoms with Gasteiger partial charge in [0.25, 0.3) is 5.91 Å². The molecule has 0 unspecified atom stereocenters. The first-order chi connectivity index (χ1) is 13.6. The summed E-state index contributed by atoms with van der Waals surface area (Å²) in [7, 11) is 1.65. The maximum absolute atomic E-state index is 12.2. The Labute approximate surface area is 164 Å². The average molecular weight is 376 g/mol. The molecule has 0 atom stereocenters. The molecule has 0 aliphatic rings. The van der Waals surface area contributed by atoms with Gasteiger partial charge in [0.15, 0.2) is 0 Å². The summed E-state index contributed by atoms with van der Waals surface area (Å²) in [5.41, 5.74) is 1.71. The number of carbonyl (C=O) groups excluding carboxylic acids is 2. The molecule has 144 valence electrons. The van der Waals surface area contributed by atoms with Gasteiger partial charge in [0.05, 0.1) is 13.8 Å². The average Bonchev–Trinajstić information content (AvgIpc) is 2.73. The van der Waals surface area contributed by atoms with Crippen LogP contribution in [0.15, 0.2) is 66.7 Å². The van der Waals surface area contributed by atoms with Crippen molar-refractivity contribution in [3.05, 3.63) is 77.9 Å². The van der Waals surface area contributed by atoms with E-state index in [1.165, 1.54) is 6.92 Å². The van der Waals surface area contributed by atoms with E-state index in [0.29, 0.717) is 18.5 Å². The van der Waals surface area contributed by atoms with E-state index in [9.17, 15) is 9.59 Å². The predicted octanol–water partition coefficient (Wildman–Crippen LogP) is 3.63. The fourth-order valence-corrected chi connectivity index (χ4v) is 3.12. The quantitative estimate of drug-likeness (QED) is 0.641. The highest BCUT2D eigenvalue weighted by Crippen LogP contribution is 2.24. The van der Waals surface area contributed by atoms with E-state index in [0.717, 1.165) is 22.1 Å². The molecular formula is C23H24N2O3. The Morgan fingerprint density at radius 2 is 1.79 bits per heavy atom. The summed E-state index contributed by atoms with van der Waals surface area (Å²) in [6, 6.07) is 21.1. The summed E-state index contributed by atoms with van der Waals surface area (Å²) in [5, 5.41) is 5.06. The number of carbonyl (C=O) groups is 2. The van der Waals surface area contributed by atoms with Gasteiger partial charge >= 0.3 is 0 Å². The Kier molecular flexibility index (Phi) is 6.27. The largest absolute Gasteiger partial charge is 0.497 e. The SMILES string of the molecule is COc1ccc2cccc(CCN(CNC(=O)c3ccccc3)C(C)=O)c2c1. The molecule has 5 nitrogen and oxygen atoms in total. The number of hydrogen-bond acceptors (Lipinski definition) is 3. The minimum Gasteiger partial charge on any atom is -0.497 e. The van der Waals surface area contributed by atoms with Crippen molar-refractivity contribution in [1.29, 1.82) is 0 Å². The molecule has 0 spiro atoms. The first kappa shape index (κ1) is 19.4. The Bertz CT molecular complexity index is 970. The number of hydrogen-bond donors (Lipinski definition) is 1. The Morgan fingerprint density at radius 3 is 2.50 bits per heavy atom. The maximum atomic E-state index is 12.2. The van der Waals surface area contributed by atoms with E-state index in [-0.39, 0.29) is 18.5 Å². The first-order valence-corrected chi connectivity index (χ1v) is 9.23. The van der Waals surface area contributed by atoms with Crippen LogP contribution in [0.1, 0.15) is 22.8 Å². The van der Waals surface area contributed by atoms with Crippen LogP contribution >= 0.6 is 0 Å². The van der Waals surface area contributed by atoms with E-state index in [4.69, 9.17) is 4.74 Å². The van der Waals surface area contributed by atoms with Crippen LogP contribution in [0.4, 0.5) is 0 Å². The smallest absolute Gasteiger partial charge is 0.252 e. The fraction of sp³-hybridized carbons (Fsp3) is 0.217. The number of benzene rings is 3. The van der Waals surface area contributed by atoms with Gasteiger partial charge in [0.1, 0.15) is 5.75 Å². The van der Waals surface area contributed by atoms with E-state index < -0.39 is 0 Å². The lowest BCUT2D eigenvalue weighted by Gasteiger charge is -2.22. The van der Waals surface area contributed by atoms with Gasteiger partial charge in [-0.2, -0.15) is 0 Å². The third-order valence-electron chi connectivity index (χ3n) is 4.74. The zero-order valence-corrected chi connectivity index (χ0v) is 16.1. The second kappa shape index (κ2) is 9.04. The summed E-state index contributed by atoms with van der Waals surface area (Å²) in [6.07, 6.45) is 0.686. The minimum atomic E-state index is -0.193. The highest BCUT2D eigenvalue weighted by molar-refractivity contribution is 5.94. The molecule has 0 saturated heterocycles. The number of fused-ring (bicyclic) bond motifs is 1. The first-order valence-electron chi connectivity index (χ1n) is 9.23. The van der Waals surface area contributed by atoms with Crippen molar-refractivity contribution < 1.29 is 14.3 Å². The van der Waals surface area contributed by atoms with Gasteiger partial charge in [-0.1, -0.05) is 42.5 Å². The molecule has 0 fully saturated rings. The summed E-state index contributed by atoms with van der Waals surface area (Å²) in [4.78, 5) is 25.9. The van der Waals surface area contributed by atoms with E-state index in [2.05, 4.69) is 17.4 Å². The van der Waals surface area contributed by atoms with Gasteiger partial charge in [-0.15, -0.1) is 0 Å². The molecular weight excluding hydrogens is 352 g/mol. The van der Waals surface area contributed by atoms with Gasteiger partial charge in [-0.05, 0) is 47.0 Å². The van der Waals surface area contributed by atoms with Crippen LogP contribution < -0.4 is 10.1 Å². The van der Waals surface area contributed by atoms with Gasteiger partial charge in [0, 0.05) is 19.0 Å². The van der Waals surface area contributed by atoms with Crippen molar-refractivity contribution >= 4 is 22.6 Å². The molecule has 1 N–H and O–H groups in total. The molecule has 3 aromatic rings. The van der Waals surface area contributed by atoms with Crippen molar-refractivity contribution in [1.82, 2.24) is 10.2 Å². The zero-order chi connectivity index (χ0) is 19.9. The molecule has 0 aliphatic heterocycles. The lowest BCUT2D eigenvalue weighted by atomic mass is 10.0. The number of rotatable bonds is 7. The van der Waals surface area contributed by atoms with Crippen molar-refractivity contribution in [3.63, 3.8) is 0 Å². The standard InChI is InChI=1S/C23H24N2O3/c1-17(26)25(16-24-23(27)20-7-4-3-5-8-20)14-13-19-10-6-9-18-11-12-21(28-2)15-22(18)19/h3-12,15H,13-14,16H2,1-2H3,(H,24,27). The Balaban J connectivity index is 1.68. The fourth-order valence-electron chi connectivity index (χ4n) is 3.12. The Hall–Kier alpha value is -3.34. The number of nitrogens with one attached hydrogen (secondary N) is 1. The molecule has 2 amide bonds. The molecule has 3 aromatic carbocycles. The van der Waals surface area contributed by atoms with Crippen molar-refractivity contribution in [3.8, 4) is 5.75 Å². The van der Waals surface area contributed by atoms with Crippen LogP contribution in [0.25, 0.3) is 10.8 Å². The molecule has 5 heteroatoms. The van der Waals surface area contributed by atoms with Gasteiger partial charge in [-0.25, -0.2) is 0 Å².